The molecule has 1 saturated heterocycles. The minimum absolute atomic E-state index is 0.141. The lowest BCUT2D eigenvalue weighted by Crippen LogP contribution is -2.47. The lowest BCUT2D eigenvalue weighted by molar-refractivity contribution is 0.0900. The van der Waals surface area contributed by atoms with Crippen LogP contribution in [0.25, 0.3) is 0 Å². The summed E-state index contributed by atoms with van der Waals surface area (Å²) in [6, 6.07) is 3.65. The third-order valence-corrected chi connectivity index (χ3v) is 3.44. The third kappa shape index (κ3) is 3.64. The fourth-order valence-electron chi connectivity index (χ4n) is 2.31. The van der Waals surface area contributed by atoms with Gasteiger partial charge in [0.1, 0.15) is 5.82 Å². The van der Waals surface area contributed by atoms with Crippen LogP contribution < -0.4 is 10.6 Å². The van der Waals surface area contributed by atoms with E-state index in [4.69, 9.17) is 0 Å². The Hall–Kier alpha value is -1.69. The van der Waals surface area contributed by atoms with Gasteiger partial charge in [0.05, 0.1) is 0 Å². The van der Waals surface area contributed by atoms with Crippen molar-refractivity contribution < 1.29 is 4.79 Å². The Labute approximate surface area is 113 Å². The average molecular weight is 263 g/mol. The number of nitrogens with one attached hydrogen (secondary N) is 2. The van der Waals surface area contributed by atoms with Crippen LogP contribution in [0.4, 0.5) is 5.82 Å². The number of piperidine rings is 1. The number of nitrogens with zero attached hydrogens (tertiary/aromatic N) is 3. The van der Waals surface area contributed by atoms with Crippen LogP contribution in [0.2, 0.25) is 0 Å². The monoisotopic (exact) mass is 263 g/mol. The summed E-state index contributed by atoms with van der Waals surface area (Å²) in [6.45, 7) is 5.22. The van der Waals surface area contributed by atoms with Gasteiger partial charge >= 0.3 is 0 Å². The summed E-state index contributed by atoms with van der Waals surface area (Å²) in [6.07, 6.45) is 2.16. The van der Waals surface area contributed by atoms with Crippen LogP contribution in [-0.4, -0.2) is 53.7 Å². The summed E-state index contributed by atoms with van der Waals surface area (Å²) >= 11 is 0. The molecule has 1 fully saturated rings. The molecular formula is C13H21N5O. The topological polar surface area (TPSA) is 70.2 Å². The Morgan fingerprint density at radius 2 is 2.32 bits per heavy atom. The van der Waals surface area contributed by atoms with Crippen LogP contribution in [-0.2, 0) is 0 Å². The largest absolute Gasteiger partial charge is 0.372 e. The zero-order valence-corrected chi connectivity index (χ0v) is 11.5. The van der Waals surface area contributed by atoms with E-state index in [1.165, 1.54) is 0 Å². The number of aromatic nitrogens is 2. The first-order valence-electron chi connectivity index (χ1n) is 6.77. The van der Waals surface area contributed by atoms with Crippen LogP contribution in [0.15, 0.2) is 12.1 Å². The number of likely N-dealkylation sites (N-methyl/N-ethyl adjacent to an activating group) is 1. The molecule has 1 amide bonds. The van der Waals surface area contributed by atoms with E-state index in [0.29, 0.717) is 11.5 Å². The summed E-state index contributed by atoms with van der Waals surface area (Å²) in [5.74, 6) is 0.518. The van der Waals surface area contributed by atoms with E-state index < -0.39 is 0 Å². The van der Waals surface area contributed by atoms with E-state index in [1.807, 2.05) is 0 Å². The summed E-state index contributed by atoms with van der Waals surface area (Å²) in [7, 11) is 1.77. The number of rotatable bonds is 4. The Kier molecular flexibility index (Phi) is 4.68. The first kappa shape index (κ1) is 13.7. The van der Waals surface area contributed by atoms with Gasteiger partial charge in [0.15, 0.2) is 5.69 Å². The highest BCUT2D eigenvalue weighted by Crippen LogP contribution is 2.10. The molecule has 1 aliphatic rings. The summed E-state index contributed by atoms with van der Waals surface area (Å²) in [4.78, 5) is 14.4. The molecule has 0 spiro atoms. The first-order valence-corrected chi connectivity index (χ1v) is 6.77. The van der Waals surface area contributed by atoms with Crippen molar-refractivity contribution in [1.29, 1.82) is 0 Å². The molecule has 6 nitrogen and oxygen atoms in total. The molecule has 2 N–H and O–H groups in total. The van der Waals surface area contributed by atoms with E-state index in [0.717, 1.165) is 32.5 Å². The number of hydrogen-bond acceptors (Lipinski definition) is 5. The first-order chi connectivity index (χ1) is 9.22. The zero-order chi connectivity index (χ0) is 13.7. The molecule has 1 aromatic rings. The predicted octanol–water partition coefficient (Wildman–Crippen LogP) is 0.732. The SMILES string of the molecule is CCN1CCCC(NC(=O)c2ccc(NC)nn2)C1. The third-order valence-electron chi connectivity index (χ3n) is 3.44. The van der Waals surface area contributed by atoms with Crippen LogP contribution in [0.3, 0.4) is 0 Å². The highest BCUT2D eigenvalue weighted by Gasteiger charge is 2.21. The highest BCUT2D eigenvalue weighted by molar-refractivity contribution is 5.92. The number of anilines is 1. The molecule has 2 rings (SSSR count). The lowest BCUT2D eigenvalue weighted by Gasteiger charge is -2.32. The second kappa shape index (κ2) is 6.47. The lowest BCUT2D eigenvalue weighted by atomic mass is 10.1. The maximum absolute atomic E-state index is 12.1. The van der Waals surface area contributed by atoms with Gasteiger partial charge in [-0.15, -0.1) is 10.2 Å². The Bertz CT molecular complexity index is 420. The molecule has 0 saturated carbocycles. The normalized spacial score (nSPS) is 20.0. The maximum atomic E-state index is 12.1. The van der Waals surface area contributed by atoms with Crippen molar-refractivity contribution in [3.63, 3.8) is 0 Å². The Morgan fingerprint density at radius 3 is 2.95 bits per heavy atom. The minimum atomic E-state index is -0.141. The fraction of sp³-hybridized carbons (Fsp3) is 0.615. The number of hydrogen-bond donors (Lipinski definition) is 2. The van der Waals surface area contributed by atoms with Crippen molar-refractivity contribution in [1.82, 2.24) is 20.4 Å². The smallest absolute Gasteiger partial charge is 0.272 e. The van der Waals surface area contributed by atoms with E-state index in [1.54, 1.807) is 19.2 Å². The van der Waals surface area contributed by atoms with Crippen LogP contribution >= 0.6 is 0 Å². The summed E-state index contributed by atoms with van der Waals surface area (Å²) in [5, 5.41) is 13.7. The fourth-order valence-corrected chi connectivity index (χ4v) is 2.31. The van der Waals surface area contributed by atoms with E-state index in [-0.39, 0.29) is 11.9 Å². The van der Waals surface area contributed by atoms with Gasteiger partial charge in [-0.2, -0.15) is 0 Å². The van der Waals surface area contributed by atoms with E-state index in [2.05, 4.69) is 32.7 Å². The number of amides is 1. The minimum Gasteiger partial charge on any atom is -0.372 e. The van der Waals surface area contributed by atoms with E-state index >= 15 is 0 Å². The molecule has 1 aromatic heterocycles. The standard InChI is InChI=1S/C13H21N5O/c1-3-18-8-4-5-10(9-18)15-13(19)11-6-7-12(14-2)17-16-11/h6-7,10H,3-5,8-9H2,1-2H3,(H,14,17)(H,15,19). The molecule has 104 valence electrons. The molecule has 19 heavy (non-hydrogen) atoms. The van der Waals surface area contributed by atoms with Gasteiger partial charge in [0.25, 0.3) is 5.91 Å². The van der Waals surface area contributed by atoms with Crippen molar-refractivity contribution in [2.45, 2.75) is 25.8 Å². The molecule has 1 atom stereocenters. The van der Waals surface area contributed by atoms with Gasteiger partial charge in [-0.25, -0.2) is 0 Å². The van der Waals surface area contributed by atoms with Crippen LogP contribution in [0, 0.1) is 0 Å². The van der Waals surface area contributed by atoms with E-state index in [9.17, 15) is 4.79 Å². The van der Waals surface area contributed by atoms with Crippen molar-refractivity contribution >= 4 is 11.7 Å². The van der Waals surface area contributed by atoms with Gasteiger partial charge in [-0.05, 0) is 38.1 Å². The molecule has 0 aliphatic carbocycles. The number of carbonyl (C=O) groups excluding carboxylic acids is 1. The van der Waals surface area contributed by atoms with Crippen LogP contribution in [0.5, 0.6) is 0 Å². The average Bonchev–Trinajstić information content (AvgIpc) is 2.47. The highest BCUT2D eigenvalue weighted by atomic mass is 16.2. The van der Waals surface area contributed by atoms with Gasteiger partial charge < -0.3 is 15.5 Å². The Morgan fingerprint density at radius 1 is 1.47 bits per heavy atom. The van der Waals surface area contributed by atoms with Crippen molar-refractivity contribution in [2.24, 2.45) is 0 Å². The van der Waals surface area contributed by atoms with Gasteiger partial charge in [-0.3, -0.25) is 4.79 Å². The molecule has 0 bridgehead atoms. The molecule has 0 aromatic carbocycles. The van der Waals surface area contributed by atoms with Crippen molar-refractivity contribution in [3.05, 3.63) is 17.8 Å². The predicted molar refractivity (Wildman–Crippen MR) is 74.2 cm³/mol. The van der Waals surface area contributed by atoms with Crippen molar-refractivity contribution in [2.75, 3.05) is 32.0 Å². The van der Waals surface area contributed by atoms with Crippen LogP contribution in [0.1, 0.15) is 30.3 Å². The number of carbonyl (C=O) groups is 1. The zero-order valence-electron chi connectivity index (χ0n) is 11.5. The maximum Gasteiger partial charge on any atom is 0.272 e. The van der Waals surface area contributed by atoms with Gasteiger partial charge in [-0.1, -0.05) is 6.92 Å². The summed E-state index contributed by atoms with van der Waals surface area (Å²) in [5.41, 5.74) is 0.368. The second-order valence-corrected chi connectivity index (χ2v) is 4.76. The van der Waals surface area contributed by atoms with Gasteiger partial charge in [0, 0.05) is 19.6 Å². The Balaban J connectivity index is 1.92. The molecular weight excluding hydrogens is 242 g/mol. The molecule has 1 unspecified atom stereocenters. The van der Waals surface area contributed by atoms with Crippen molar-refractivity contribution in [3.8, 4) is 0 Å². The number of likely N-dealkylation sites (tertiary alicyclic amines) is 1. The molecule has 0 radical (unpaired) electrons. The second-order valence-electron chi connectivity index (χ2n) is 4.76. The quantitative estimate of drug-likeness (QED) is 0.838. The molecule has 1 aliphatic heterocycles. The molecule has 6 heteroatoms. The van der Waals surface area contributed by atoms with Gasteiger partial charge in [0.2, 0.25) is 0 Å². The summed E-state index contributed by atoms with van der Waals surface area (Å²) < 4.78 is 0. The molecule has 2 heterocycles.